The number of amides is 1. The van der Waals surface area contributed by atoms with Gasteiger partial charge >= 0.3 is 12.3 Å². The van der Waals surface area contributed by atoms with Crippen LogP contribution in [0.5, 0.6) is 11.5 Å². The van der Waals surface area contributed by atoms with Crippen molar-refractivity contribution in [3.63, 3.8) is 0 Å². The Morgan fingerprint density at radius 3 is 2.33 bits per heavy atom. The lowest BCUT2D eigenvalue weighted by Gasteiger charge is -2.35. The van der Waals surface area contributed by atoms with Crippen LogP contribution in [0.25, 0.3) is 0 Å². The Bertz CT molecular complexity index is 1420. The van der Waals surface area contributed by atoms with Gasteiger partial charge < -0.3 is 19.5 Å². The van der Waals surface area contributed by atoms with Crippen LogP contribution in [0.2, 0.25) is 0 Å². The number of carbonyl (C=O) groups is 2. The fraction of sp³-hybridized carbons (Fsp3) is 0.310. The summed E-state index contributed by atoms with van der Waals surface area (Å²) >= 11 is 3.35. The first-order valence-corrected chi connectivity index (χ1v) is 13.7. The molecule has 2 N–H and O–H groups in total. The highest BCUT2D eigenvalue weighted by Crippen LogP contribution is 2.38. The summed E-state index contributed by atoms with van der Waals surface area (Å²) in [5.41, 5.74) is 6.17. The van der Waals surface area contributed by atoms with Crippen molar-refractivity contribution >= 4 is 57.3 Å². The third kappa shape index (κ3) is 8.01. The van der Waals surface area contributed by atoms with Crippen molar-refractivity contribution in [2.75, 3.05) is 30.1 Å². The number of piperidine rings is 1. The molecule has 3 aromatic rings. The van der Waals surface area contributed by atoms with Crippen LogP contribution in [0, 0.1) is 6.92 Å². The molecule has 4 rings (SSSR count). The van der Waals surface area contributed by atoms with E-state index in [1.165, 1.54) is 43.5 Å². The second-order valence-corrected chi connectivity index (χ2v) is 10.4. The quantitative estimate of drug-likeness (QED) is 0.233. The van der Waals surface area contributed by atoms with Gasteiger partial charge in [-0.2, -0.15) is 0 Å². The second kappa shape index (κ2) is 14.0. The van der Waals surface area contributed by atoms with Gasteiger partial charge in [-0.1, -0.05) is 28.1 Å². The molecule has 0 saturated carbocycles. The topological polar surface area (TPSA) is 91.3 Å². The molecule has 0 radical (unpaired) electrons. The number of carboxylic acids is 1. The number of hydrogen-bond acceptors (Lipinski definition) is 6. The number of nitrogens with zero attached hydrogens (tertiary/aromatic N) is 2. The summed E-state index contributed by atoms with van der Waals surface area (Å²) in [6.07, 6.45) is -1.82. The first-order chi connectivity index (χ1) is 19.5. The molecule has 42 heavy (non-hydrogen) atoms. The lowest BCUT2D eigenvalue weighted by molar-refractivity contribution is -0.274. The number of aromatic carboxylic acids is 1. The smallest absolute Gasteiger partial charge is 0.496 e. The highest BCUT2D eigenvalue weighted by Gasteiger charge is 2.31. The van der Waals surface area contributed by atoms with Crippen LogP contribution in [-0.4, -0.2) is 43.5 Å². The van der Waals surface area contributed by atoms with Crippen molar-refractivity contribution in [2.45, 2.75) is 39.0 Å². The summed E-state index contributed by atoms with van der Waals surface area (Å²) in [5.74, 6) is -1.90. The Morgan fingerprint density at radius 2 is 1.74 bits per heavy atom. The molecule has 3 aromatic carbocycles. The Hall–Kier alpha value is -3.64. The van der Waals surface area contributed by atoms with Gasteiger partial charge in [-0.3, -0.25) is 15.2 Å². The minimum absolute atomic E-state index is 0. The van der Waals surface area contributed by atoms with Crippen LogP contribution in [0.1, 0.15) is 40.7 Å². The number of nitrogens with one attached hydrogen (secondary N) is 1. The number of anilines is 3. The number of hydrogen-bond donors (Lipinski definition) is 2. The Kier molecular flexibility index (Phi) is 11.0. The zero-order valence-corrected chi connectivity index (χ0v) is 25.2. The third-order valence-electron chi connectivity index (χ3n) is 6.65. The molecule has 1 heterocycles. The van der Waals surface area contributed by atoms with E-state index in [9.17, 15) is 27.9 Å². The molecule has 1 aliphatic rings. The number of hydrazine groups is 1. The van der Waals surface area contributed by atoms with Crippen molar-refractivity contribution in [1.82, 2.24) is 5.43 Å². The van der Waals surface area contributed by atoms with Crippen LogP contribution >= 0.6 is 28.3 Å². The molecule has 0 atom stereocenters. The number of alkyl halides is 3. The van der Waals surface area contributed by atoms with Gasteiger partial charge in [-0.15, -0.1) is 25.6 Å². The van der Waals surface area contributed by atoms with E-state index in [1.807, 2.05) is 25.1 Å². The van der Waals surface area contributed by atoms with Crippen LogP contribution in [-0.2, 0) is 11.2 Å². The number of methoxy groups -OCH3 is 1. The van der Waals surface area contributed by atoms with Crippen molar-refractivity contribution in [3.05, 3.63) is 75.8 Å². The fourth-order valence-electron chi connectivity index (χ4n) is 4.77. The standard InChI is InChI=1S/C29H29BrF3N3O5.ClH/c1-18-7-6-8-24(35-13-4-3-5-14-35)27(18)36(20-9-11-21(12-10-20)41-29(31,32)33)34-26(37)16-19-15-25(40-2)22(28(38)39)17-23(19)30;/h6-12,15,17H,3-5,13-14,16H2,1-2H3,(H,34,37)(H,38,39);1H. The van der Waals surface area contributed by atoms with Gasteiger partial charge in [0.1, 0.15) is 17.1 Å². The number of benzene rings is 3. The fourth-order valence-corrected chi connectivity index (χ4v) is 5.26. The van der Waals surface area contributed by atoms with Crippen LogP contribution in [0.15, 0.2) is 59.1 Å². The second-order valence-electron chi connectivity index (χ2n) is 9.53. The van der Waals surface area contributed by atoms with Crippen molar-refractivity contribution in [1.29, 1.82) is 0 Å². The van der Waals surface area contributed by atoms with Crippen molar-refractivity contribution in [3.8, 4) is 11.5 Å². The Balaban J connectivity index is 0.00000484. The predicted octanol–water partition coefficient (Wildman–Crippen LogP) is 7.19. The monoisotopic (exact) mass is 671 g/mol. The predicted molar refractivity (Wildman–Crippen MR) is 159 cm³/mol. The van der Waals surface area contributed by atoms with Gasteiger partial charge in [0.05, 0.1) is 30.6 Å². The highest BCUT2D eigenvalue weighted by atomic mass is 79.9. The van der Waals surface area contributed by atoms with Gasteiger partial charge in [0.25, 0.3) is 0 Å². The molecule has 1 fully saturated rings. The molecule has 8 nitrogen and oxygen atoms in total. The number of rotatable bonds is 9. The Labute approximate surface area is 255 Å². The normalized spacial score (nSPS) is 13.1. The Morgan fingerprint density at radius 1 is 1.07 bits per heavy atom. The van der Waals surface area contributed by atoms with Gasteiger partial charge in [-0.25, -0.2) is 4.79 Å². The van der Waals surface area contributed by atoms with E-state index in [4.69, 9.17) is 4.74 Å². The van der Waals surface area contributed by atoms with Gasteiger partial charge in [-0.05, 0) is 79.8 Å². The van der Waals surface area contributed by atoms with E-state index < -0.39 is 18.2 Å². The number of ether oxygens (including phenoxy) is 2. The molecule has 1 amide bonds. The van der Waals surface area contributed by atoms with Crippen molar-refractivity contribution < 1.29 is 37.3 Å². The summed E-state index contributed by atoms with van der Waals surface area (Å²) in [4.78, 5) is 27.3. The lowest BCUT2D eigenvalue weighted by atomic mass is 10.1. The van der Waals surface area contributed by atoms with Crippen LogP contribution in [0.3, 0.4) is 0 Å². The molecule has 226 valence electrons. The minimum Gasteiger partial charge on any atom is -0.496 e. The SMILES string of the molecule is COc1cc(CC(=O)NN(c2ccc(OC(F)(F)F)cc2)c2c(C)cccc2N2CCCCC2)c(Br)cc1C(=O)O.Cl. The maximum atomic E-state index is 13.5. The molecule has 0 aliphatic carbocycles. The van der Waals surface area contributed by atoms with Gasteiger partial charge in [0.2, 0.25) is 5.91 Å². The third-order valence-corrected chi connectivity index (χ3v) is 7.39. The lowest BCUT2D eigenvalue weighted by Crippen LogP contribution is -2.41. The van der Waals surface area contributed by atoms with Gasteiger partial charge in [0, 0.05) is 17.6 Å². The van der Waals surface area contributed by atoms with E-state index in [-0.39, 0.29) is 35.9 Å². The maximum absolute atomic E-state index is 13.5. The van der Waals surface area contributed by atoms with E-state index in [0.29, 0.717) is 21.4 Å². The largest absolute Gasteiger partial charge is 0.573 e. The molecular weight excluding hydrogens is 643 g/mol. The zero-order valence-electron chi connectivity index (χ0n) is 22.8. The average Bonchev–Trinajstić information content (AvgIpc) is 2.93. The van der Waals surface area contributed by atoms with E-state index in [2.05, 4.69) is 31.0 Å². The van der Waals surface area contributed by atoms with Gasteiger partial charge in [0.15, 0.2) is 0 Å². The maximum Gasteiger partial charge on any atom is 0.573 e. The zero-order chi connectivity index (χ0) is 29.7. The first-order valence-electron chi connectivity index (χ1n) is 12.9. The number of carboxylic acid groups (broad SMARTS) is 1. The highest BCUT2D eigenvalue weighted by molar-refractivity contribution is 9.10. The average molecular weight is 673 g/mol. The van der Waals surface area contributed by atoms with Crippen LogP contribution in [0.4, 0.5) is 30.2 Å². The summed E-state index contributed by atoms with van der Waals surface area (Å²) in [7, 11) is 1.34. The van der Waals surface area contributed by atoms with Crippen molar-refractivity contribution in [2.24, 2.45) is 0 Å². The molecule has 0 bridgehead atoms. The number of aryl methyl sites for hydroxylation is 1. The summed E-state index contributed by atoms with van der Waals surface area (Å²) in [6, 6.07) is 13.9. The van der Waals surface area contributed by atoms with Crippen LogP contribution < -0.4 is 24.8 Å². The summed E-state index contributed by atoms with van der Waals surface area (Å²) < 4.78 is 48.0. The molecule has 1 aliphatic heterocycles. The minimum atomic E-state index is -4.84. The molecule has 13 heteroatoms. The molecular formula is C29H30BrClF3N3O5. The molecule has 1 saturated heterocycles. The molecule has 0 spiro atoms. The summed E-state index contributed by atoms with van der Waals surface area (Å²) in [5, 5.41) is 11.0. The van der Waals surface area contributed by atoms with E-state index in [0.717, 1.165) is 43.6 Å². The first kappa shape index (κ1) is 32.9. The molecule has 0 aromatic heterocycles. The summed E-state index contributed by atoms with van der Waals surface area (Å²) in [6.45, 7) is 3.56. The number of halogens is 5. The number of para-hydroxylation sites is 1. The number of carbonyl (C=O) groups excluding carboxylic acids is 1. The molecule has 0 unspecified atom stereocenters. The van der Waals surface area contributed by atoms with E-state index >= 15 is 0 Å². The van der Waals surface area contributed by atoms with E-state index in [1.54, 1.807) is 5.01 Å².